The van der Waals surface area contributed by atoms with Crippen LogP contribution in [0.25, 0.3) is 0 Å². The lowest BCUT2D eigenvalue weighted by atomic mass is 9.74. The number of ether oxygens (including phenoxy) is 3. The molecule has 5 nitrogen and oxygen atoms in total. The van der Waals surface area contributed by atoms with Gasteiger partial charge >= 0.3 is 0 Å². The van der Waals surface area contributed by atoms with Crippen LogP contribution in [0.3, 0.4) is 0 Å². The van der Waals surface area contributed by atoms with E-state index in [1.54, 1.807) is 11.8 Å². The lowest BCUT2D eigenvalue weighted by Crippen LogP contribution is -2.52. The van der Waals surface area contributed by atoms with Crippen molar-refractivity contribution in [2.75, 3.05) is 26.2 Å². The Morgan fingerprint density at radius 3 is 2.84 bits per heavy atom. The summed E-state index contributed by atoms with van der Waals surface area (Å²) in [5, 5.41) is 0. The van der Waals surface area contributed by atoms with Crippen molar-refractivity contribution in [1.82, 2.24) is 4.90 Å². The number of amidine groups is 1. The Hall–Kier alpha value is -1.47. The molecule has 3 aliphatic rings. The van der Waals surface area contributed by atoms with Crippen LogP contribution in [0.2, 0.25) is 0 Å². The van der Waals surface area contributed by atoms with Crippen LogP contribution in [0.5, 0.6) is 11.5 Å². The molecule has 0 aromatic heterocycles. The minimum Gasteiger partial charge on any atom is -0.464 e. The first-order valence-corrected chi connectivity index (χ1v) is 10.3. The van der Waals surface area contributed by atoms with E-state index in [4.69, 9.17) is 31.4 Å². The third kappa shape index (κ3) is 3.31. The average molecular weight is 379 g/mol. The van der Waals surface area contributed by atoms with Crippen LogP contribution in [0, 0.1) is 5.41 Å². The fraction of sp³-hybridized carbons (Fsp3) is 0.556. The molecule has 0 unspecified atom stereocenters. The second kappa shape index (κ2) is 7.03. The Morgan fingerprint density at radius 1 is 1.20 bits per heavy atom. The van der Waals surface area contributed by atoms with E-state index in [1.165, 1.54) is 32.1 Å². The maximum absolute atomic E-state index is 6.15. The highest BCUT2D eigenvalue weighted by atomic mass is 32.2. The minimum atomic E-state index is 0.204. The number of hydrogen-bond acceptors (Lipinski definition) is 6. The summed E-state index contributed by atoms with van der Waals surface area (Å²) in [6.07, 6.45) is 8.26. The van der Waals surface area contributed by atoms with Crippen molar-refractivity contribution in [1.29, 1.82) is 0 Å². The predicted octanol–water partition coefficient (Wildman–Crippen LogP) is 4.33. The molecule has 0 bridgehead atoms. The molecule has 1 aliphatic carbocycles. The summed E-state index contributed by atoms with van der Waals surface area (Å²) in [5.74, 6) is 1.40. The van der Waals surface area contributed by atoms with Crippen LogP contribution in [-0.2, 0) is 4.74 Å². The molecule has 2 fully saturated rings. The molecule has 7 heteroatoms. The molecule has 4 rings (SSSR count). The van der Waals surface area contributed by atoms with Crippen molar-refractivity contribution < 1.29 is 14.2 Å². The Labute approximate surface area is 157 Å². The molecule has 2 aliphatic heterocycles. The van der Waals surface area contributed by atoms with E-state index in [9.17, 15) is 0 Å². The van der Waals surface area contributed by atoms with Crippen LogP contribution in [0.4, 0.5) is 5.69 Å². The summed E-state index contributed by atoms with van der Waals surface area (Å²) in [4.78, 5) is 6.79. The summed E-state index contributed by atoms with van der Waals surface area (Å²) in [7, 11) is 0. The molecule has 1 saturated heterocycles. The van der Waals surface area contributed by atoms with E-state index in [-0.39, 0.29) is 12.2 Å². The third-order valence-electron chi connectivity index (χ3n) is 5.13. The molecule has 134 valence electrons. The SMILES string of the molecule is CSC(=S)N1CC2(CCCCC2)COC1=Nc1cccc2c1OCO2. The van der Waals surface area contributed by atoms with Gasteiger partial charge in [0.25, 0.3) is 6.02 Å². The first kappa shape index (κ1) is 17.0. The van der Waals surface area contributed by atoms with Gasteiger partial charge in [-0.05, 0) is 31.2 Å². The van der Waals surface area contributed by atoms with E-state index >= 15 is 0 Å². The molecule has 1 saturated carbocycles. The quantitative estimate of drug-likeness (QED) is 0.678. The van der Waals surface area contributed by atoms with Crippen molar-refractivity contribution in [2.24, 2.45) is 10.4 Å². The van der Waals surface area contributed by atoms with Gasteiger partial charge in [0.1, 0.15) is 10.0 Å². The van der Waals surface area contributed by atoms with Crippen molar-refractivity contribution >= 4 is 40.0 Å². The zero-order valence-corrected chi connectivity index (χ0v) is 16.0. The lowest BCUT2D eigenvalue weighted by Gasteiger charge is -2.45. The highest BCUT2D eigenvalue weighted by molar-refractivity contribution is 8.22. The largest absolute Gasteiger partial charge is 0.464 e. The summed E-state index contributed by atoms with van der Waals surface area (Å²) < 4.78 is 17.9. The normalized spacial score (nSPS) is 22.9. The van der Waals surface area contributed by atoms with Gasteiger partial charge in [0.2, 0.25) is 6.79 Å². The van der Waals surface area contributed by atoms with Crippen molar-refractivity contribution in [3.63, 3.8) is 0 Å². The third-order valence-corrected chi connectivity index (χ3v) is 6.42. The maximum Gasteiger partial charge on any atom is 0.298 e. The van der Waals surface area contributed by atoms with E-state index < -0.39 is 0 Å². The van der Waals surface area contributed by atoms with Gasteiger partial charge in [-0.3, -0.25) is 4.90 Å². The second-order valence-electron chi connectivity index (χ2n) is 6.81. The van der Waals surface area contributed by atoms with E-state index in [1.807, 2.05) is 24.5 Å². The Kier molecular flexibility index (Phi) is 4.78. The monoisotopic (exact) mass is 378 g/mol. The number of nitrogens with zero attached hydrogens (tertiary/aromatic N) is 2. The molecule has 0 amide bonds. The number of para-hydroxylation sites is 1. The molecule has 0 radical (unpaired) electrons. The van der Waals surface area contributed by atoms with E-state index in [0.717, 1.165) is 22.3 Å². The van der Waals surface area contributed by atoms with Crippen molar-refractivity contribution in [2.45, 2.75) is 32.1 Å². The fourth-order valence-corrected chi connectivity index (χ4v) is 4.31. The van der Waals surface area contributed by atoms with Gasteiger partial charge in [-0.25, -0.2) is 0 Å². The van der Waals surface area contributed by atoms with Crippen LogP contribution < -0.4 is 9.47 Å². The molecule has 1 aromatic rings. The number of thiocarbonyl (C=S) groups is 1. The summed E-state index contributed by atoms with van der Waals surface area (Å²) in [6, 6.07) is 6.28. The van der Waals surface area contributed by atoms with E-state index in [0.29, 0.717) is 18.4 Å². The Bertz CT molecular complexity index is 702. The smallest absolute Gasteiger partial charge is 0.298 e. The van der Waals surface area contributed by atoms with Crippen LogP contribution in [-0.4, -0.2) is 41.4 Å². The average Bonchev–Trinajstić information content (AvgIpc) is 3.13. The first-order chi connectivity index (χ1) is 12.2. The maximum atomic E-state index is 6.15. The Morgan fingerprint density at radius 2 is 2.04 bits per heavy atom. The number of rotatable bonds is 1. The number of aliphatic imine (C=N–C) groups is 1. The van der Waals surface area contributed by atoms with Crippen molar-refractivity contribution in [3.8, 4) is 11.5 Å². The van der Waals surface area contributed by atoms with Gasteiger partial charge in [0.15, 0.2) is 11.5 Å². The standard InChI is InChI=1S/C18H22N2O3S2/c1-25-17(24)20-10-18(8-3-2-4-9-18)11-21-16(20)19-13-6-5-7-14-15(13)23-12-22-14/h5-7H,2-4,8-12H2,1H3. The van der Waals surface area contributed by atoms with E-state index in [2.05, 4.69) is 4.90 Å². The molecular weight excluding hydrogens is 356 g/mol. The van der Waals surface area contributed by atoms with Gasteiger partial charge < -0.3 is 14.2 Å². The summed E-state index contributed by atoms with van der Waals surface area (Å²) in [6.45, 7) is 1.83. The predicted molar refractivity (Wildman–Crippen MR) is 104 cm³/mol. The Balaban J connectivity index is 1.64. The molecule has 2 heterocycles. The van der Waals surface area contributed by atoms with Gasteiger partial charge in [0.05, 0.1) is 6.61 Å². The van der Waals surface area contributed by atoms with Crippen LogP contribution >= 0.6 is 24.0 Å². The van der Waals surface area contributed by atoms with Gasteiger partial charge in [0, 0.05) is 12.0 Å². The molecule has 0 atom stereocenters. The van der Waals surface area contributed by atoms with Gasteiger partial charge in [-0.2, -0.15) is 4.99 Å². The highest BCUT2D eigenvalue weighted by Gasteiger charge is 2.41. The summed E-state index contributed by atoms with van der Waals surface area (Å²) >= 11 is 7.15. The first-order valence-electron chi connectivity index (χ1n) is 8.66. The molecular formula is C18H22N2O3S2. The second-order valence-corrected chi connectivity index (χ2v) is 8.25. The van der Waals surface area contributed by atoms with Gasteiger partial charge in [-0.1, -0.05) is 49.3 Å². The molecule has 1 aromatic carbocycles. The molecule has 25 heavy (non-hydrogen) atoms. The minimum absolute atomic E-state index is 0.204. The molecule has 0 N–H and O–H groups in total. The highest BCUT2D eigenvalue weighted by Crippen LogP contribution is 2.43. The zero-order valence-electron chi connectivity index (χ0n) is 14.3. The number of fused-ring (bicyclic) bond motifs is 1. The number of benzene rings is 1. The lowest BCUT2D eigenvalue weighted by molar-refractivity contribution is 0.0347. The van der Waals surface area contributed by atoms with Crippen LogP contribution in [0.15, 0.2) is 23.2 Å². The topological polar surface area (TPSA) is 43.3 Å². The fourth-order valence-electron chi connectivity index (χ4n) is 3.80. The van der Waals surface area contributed by atoms with Gasteiger partial charge in [-0.15, -0.1) is 0 Å². The number of thioether (sulfide) groups is 1. The number of hydrogen-bond donors (Lipinski definition) is 0. The van der Waals surface area contributed by atoms with Crippen molar-refractivity contribution in [3.05, 3.63) is 18.2 Å². The molecule has 1 spiro atoms. The van der Waals surface area contributed by atoms with Crippen LogP contribution in [0.1, 0.15) is 32.1 Å². The zero-order chi connectivity index (χ0) is 17.3. The summed E-state index contributed by atoms with van der Waals surface area (Å²) in [5.41, 5.74) is 0.925.